The Morgan fingerprint density at radius 3 is 1.81 bits per heavy atom. The standard InChI is InChI=1S/C28H18N2S/c1-4-10-19(11-5-1)22-16-17-23-24(18-22)31-27-25(20-12-6-2-7-13-20)29-28(30-26(23)27)21-14-8-3-9-15-21/h1-18H. The molecule has 2 heterocycles. The van der Waals surface area contributed by atoms with Crippen molar-refractivity contribution in [2.24, 2.45) is 0 Å². The minimum absolute atomic E-state index is 0.763. The largest absolute Gasteiger partial charge is 0.226 e. The first-order chi connectivity index (χ1) is 15.4. The summed E-state index contributed by atoms with van der Waals surface area (Å²) in [7, 11) is 0. The van der Waals surface area contributed by atoms with Crippen molar-refractivity contribution in [2.75, 3.05) is 0 Å². The van der Waals surface area contributed by atoms with Crippen molar-refractivity contribution < 1.29 is 0 Å². The van der Waals surface area contributed by atoms with Gasteiger partial charge in [-0.3, -0.25) is 0 Å². The molecule has 0 aliphatic heterocycles. The third-order valence-electron chi connectivity index (χ3n) is 5.50. The molecule has 0 spiro atoms. The van der Waals surface area contributed by atoms with E-state index in [1.807, 2.05) is 30.3 Å². The van der Waals surface area contributed by atoms with Crippen LogP contribution >= 0.6 is 11.3 Å². The Balaban J connectivity index is 1.64. The molecule has 0 aliphatic rings. The first kappa shape index (κ1) is 18.0. The van der Waals surface area contributed by atoms with E-state index in [2.05, 4.69) is 78.9 Å². The molecule has 6 rings (SSSR count). The van der Waals surface area contributed by atoms with Gasteiger partial charge in [0.1, 0.15) is 0 Å². The third kappa shape index (κ3) is 3.20. The predicted octanol–water partition coefficient (Wildman–Crippen LogP) is 7.85. The van der Waals surface area contributed by atoms with Crippen molar-refractivity contribution in [3.63, 3.8) is 0 Å². The third-order valence-corrected chi connectivity index (χ3v) is 6.65. The summed E-state index contributed by atoms with van der Waals surface area (Å²) in [5.74, 6) is 0.763. The average Bonchev–Trinajstić information content (AvgIpc) is 3.23. The van der Waals surface area contributed by atoms with Crippen molar-refractivity contribution in [3.8, 4) is 33.8 Å². The highest BCUT2D eigenvalue weighted by atomic mass is 32.1. The molecule has 0 unspecified atom stereocenters. The van der Waals surface area contributed by atoms with Crippen LogP contribution in [0.1, 0.15) is 0 Å². The maximum atomic E-state index is 5.02. The molecule has 2 aromatic heterocycles. The Bertz CT molecular complexity index is 1500. The minimum Gasteiger partial charge on any atom is -0.226 e. The Morgan fingerprint density at radius 1 is 0.516 bits per heavy atom. The zero-order chi connectivity index (χ0) is 20.6. The summed E-state index contributed by atoms with van der Waals surface area (Å²) in [6, 6.07) is 37.8. The van der Waals surface area contributed by atoms with E-state index in [4.69, 9.17) is 9.97 Å². The number of hydrogen-bond acceptors (Lipinski definition) is 3. The lowest BCUT2D eigenvalue weighted by molar-refractivity contribution is 1.24. The van der Waals surface area contributed by atoms with Crippen LogP contribution < -0.4 is 0 Å². The summed E-state index contributed by atoms with van der Waals surface area (Å²) in [6.45, 7) is 0. The van der Waals surface area contributed by atoms with Crippen molar-refractivity contribution >= 4 is 31.6 Å². The fourth-order valence-corrected chi connectivity index (χ4v) is 5.15. The van der Waals surface area contributed by atoms with Crippen molar-refractivity contribution in [1.29, 1.82) is 0 Å². The summed E-state index contributed by atoms with van der Waals surface area (Å²) in [4.78, 5) is 10.0. The van der Waals surface area contributed by atoms with Crippen molar-refractivity contribution in [1.82, 2.24) is 9.97 Å². The lowest BCUT2D eigenvalue weighted by Crippen LogP contribution is -1.93. The average molecular weight is 415 g/mol. The van der Waals surface area contributed by atoms with Gasteiger partial charge in [-0.2, -0.15) is 0 Å². The molecule has 0 saturated heterocycles. The zero-order valence-electron chi connectivity index (χ0n) is 16.7. The lowest BCUT2D eigenvalue weighted by atomic mass is 10.0. The minimum atomic E-state index is 0.763. The SMILES string of the molecule is c1ccc(-c2ccc3c(c2)sc2c(-c4ccccc4)nc(-c4ccccc4)nc23)cc1. The molecule has 2 nitrogen and oxygen atoms in total. The van der Waals surface area contributed by atoms with E-state index < -0.39 is 0 Å². The first-order valence-corrected chi connectivity index (χ1v) is 11.1. The molecule has 4 aromatic carbocycles. The monoisotopic (exact) mass is 414 g/mol. The Hall–Kier alpha value is -3.82. The van der Waals surface area contributed by atoms with Gasteiger partial charge < -0.3 is 0 Å². The maximum Gasteiger partial charge on any atom is 0.160 e. The van der Waals surface area contributed by atoms with Crippen LogP contribution in [0, 0.1) is 0 Å². The maximum absolute atomic E-state index is 5.02. The van der Waals surface area contributed by atoms with Crippen LogP contribution in [0.2, 0.25) is 0 Å². The van der Waals surface area contributed by atoms with Crippen LogP contribution in [-0.4, -0.2) is 9.97 Å². The number of benzene rings is 4. The molecule has 146 valence electrons. The number of fused-ring (bicyclic) bond motifs is 3. The number of hydrogen-bond donors (Lipinski definition) is 0. The van der Waals surface area contributed by atoms with Gasteiger partial charge in [-0.25, -0.2) is 9.97 Å². The van der Waals surface area contributed by atoms with E-state index in [0.717, 1.165) is 32.9 Å². The van der Waals surface area contributed by atoms with Crippen LogP contribution in [0.3, 0.4) is 0 Å². The predicted molar refractivity (Wildman–Crippen MR) is 131 cm³/mol. The molecule has 0 aliphatic carbocycles. The van der Waals surface area contributed by atoms with E-state index in [9.17, 15) is 0 Å². The Morgan fingerprint density at radius 2 is 1.13 bits per heavy atom. The highest BCUT2D eigenvalue weighted by Crippen LogP contribution is 2.40. The number of rotatable bonds is 3. The smallest absolute Gasteiger partial charge is 0.160 e. The van der Waals surface area contributed by atoms with Gasteiger partial charge in [-0.15, -0.1) is 11.3 Å². The molecule has 6 aromatic rings. The molecule has 0 saturated carbocycles. The number of nitrogens with zero attached hydrogens (tertiary/aromatic N) is 2. The second-order valence-electron chi connectivity index (χ2n) is 7.48. The summed E-state index contributed by atoms with van der Waals surface area (Å²) < 4.78 is 2.36. The molecule has 0 amide bonds. The van der Waals surface area contributed by atoms with E-state index in [0.29, 0.717) is 0 Å². The van der Waals surface area contributed by atoms with Crippen LogP contribution in [0.15, 0.2) is 109 Å². The van der Waals surface area contributed by atoms with Gasteiger partial charge in [0.15, 0.2) is 5.82 Å². The Labute approximate surface area is 184 Å². The molecule has 0 radical (unpaired) electrons. The molecule has 31 heavy (non-hydrogen) atoms. The number of thiophene rings is 1. The van der Waals surface area contributed by atoms with Gasteiger partial charge in [0.25, 0.3) is 0 Å². The van der Waals surface area contributed by atoms with E-state index in [1.165, 1.54) is 21.2 Å². The quantitative estimate of drug-likeness (QED) is 0.295. The van der Waals surface area contributed by atoms with Gasteiger partial charge >= 0.3 is 0 Å². The van der Waals surface area contributed by atoms with Gasteiger partial charge in [-0.1, -0.05) is 103 Å². The van der Waals surface area contributed by atoms with Crippen LogP contribution in [0.4, 0.5) is 0 Å². The summed E-state index contributed by atoms with van der Waals surface area (Å²) in [5.41, 5.74) is 6.60. The summed E-state index contributed by atoms with van der Waals surface area (Å²) >= 11 is 1.77. The van der Waals surface area contributed by atoms with Gasteiger partial charge in [0.05, 0.1) is 15.9 Å². The van der Waals surface area contributed by atoms with Crippen LogP contribution in [0.5, 0.6) is 0 Å². The second kappa shape index (κ2) is 7.46. The van der Waals surface area contributed by atoms with Gasteiger partial charge in [-0.05, 0) is 17.2 Å². The van der Waals surface area contributed by atoms with Gasteiger partial charge in [0.2, 0.25) is 0 Å². The van der Waals surface area contributed by atoms with Crippen LogP contribution in [-0.2, 0) is 0 Å². The molecule has 0 atom stereocenters. The highest BCUT2D eigenvalue weighted by Gasteiger charge is 2.16. The second-order valence-corrected chi connectivity index (χ2v) is 8.54. The molecular weight excluding hydrogens is 396 g/mol. The van der Waals surface area contributed by atoms with E-state index >= 15 is 0 Å². The highest BCUT2D eigenvalue weighted by molar-refractivity contribution is 7.26. The molecule has 0 N–H and O–H groups in total. The fraction of sp³-hybridized carbons (Fsp3) is 0. The molecule has 0 fully saturated rings. The van der Waals surface area contributed by atoms with Crippen molar-refractivity contribution in [2.45, 2.75) is 0 Å². The number of aromatic nitrogens is 2. The molecular formula is C28H18N2S. The normalized spacial score (nSPS) is 11.2. The van der Waals surface area contributed by atoms with E-state index in [1.54, 1.807) is 11.3 Å². The van der Waals surface area contributed by atoms with Gasteiger partial charge in [0, 0.05) is 21.2 Å². The summed E-state index contributed by atoms with van der Waals surface area (Å²) in [5, 5.41) is 1.18. The lowest BCUT2D eigenvalue weighted by Gasteiger charge is -2.07. The molecule has 3 heteroatoms. The van der Waals surface area contributed by atoms with Crippen molar-refractivity contribution in [3.05, 3.63) is 109 Å². The van der Waals surface area contributed by atoms with E-state index in [-0.39, 0.29) is 0 Å². The first-order valence-electron chi connectivity index (χ1n) is 10.3. The molecule has 0 bridgehead atoms. The fourth-order valence-electron chi connectivity index (χ4n) is 3.96. The van der Waals surface area contributed by atoms with Crippen LogP contribution in [0.25, 0.3) is 54.1 Å². The zero-order valence-corrected chi connectivity index (χ0v) is 17.5. The topological polar surface area (TPSA) is 25.8 Å². The Kier molecular flexibility index (Phi) is 4.33. The summed E-state index contributed by atoms with van der Waals surface area (Å²) in [6.07, 6.45) is 0.